The Hall–Kier alpha value is -2.88. The maximum atomic E-state index is 4.32. The Morgan fingerprint density at radius 1 is 1.05 bits per heavy atom. The van der Waals surface area contributed by atoms with Crippen LogP contribution in [-0.2, 0) is 0 Å². The van der Waals surface area contributed by atoms with Crippen molar-refractivity contribution in [3.8, 4) is 11.3 Å². The topological polar surface area (TPSA) is 35.1 Å². The number of benzene rings is 1. The van der Waals surface area contributed by atoms with Crippen LogP contribution < -0.4 is 0 Å². The lowest BCUT2D eigenvalue weighted by molar-refractivity contribution is 0.710. The first-order valence-electron chi connectivity index (χ1n) is 6.96. The molecule has 0 aliphatic carbocycles. The summed E-state index contributed by atoms with van der Waals surface area (Å²) < 4.78 is 4.13. The van der Waals surface area contributed by atoms with Gasteiger partial charge in [0.2, 0.25) is 0 Å². The van der Waals surface area contributed by atoms with Crippen LogP contribution in [0.5, 0.6) is 0 Å². The summed E-state index contributed by atoms with van der Waals surface area (Å²) >= 11 is 0. The van der Waals surface area contributed by atoms with Gasteiger partial charge < -0.3 is 4.57 Å². The number of imidazole rings is 1. The molecule has 0 radical (unpaired) electrons. The molecule has 0 N–H and O–H groups in total. The van der Waals surface area contributed by atoms with E-state index < -0.39 is 0 Å². The molecule has 5 rings (SSSR count). The molecule has 4 nitrogen and oxygen atoms in total. The number of nitrogens with zero attached hydrogens (tertiary/aromatic N) is 4. The summed E-state index contributed by atoms with van der Waals surface area (Å²) in [4.78, 5) is 4.32. The van der Waals surface area contributed by atoms with Crippen LogP contribution in [0, 0.1) is 0 Å². The number of rotatable bonds is 1. The van der Waals surface area contributed by atoms with Crippen LogP contribution in [0.25, 0.3) is 16.8 Å². The maximum absolute atomic E-state index is 4.32. The Morgan fingerprint density at radius 3 is 3.00 bits per heavy atom. The van der Waals surface area contributed by atoms with Crippen molar-refractivity contribution < 1.29 is 0 Å². The van der Waals surface area contributed by atoms with Gasteiger partial charge >= 0.3 is 0 Å². The third-order valence-electron chi connectivity index (χ3n) is 4.21. The molecular formula is C17H12N4. The van der Waals surface area contributed by atoms with Crippen molar-refractivity contribution in [3.05, 3.63) is 78.5 Å². The predicted molar refractivity (Wildman–Crippen MR) is 80.1 cm³/mol. The number of pyridine rings is 1. The van der Waals surface area contributed by atoms with E-state index in [1.54, 1.807) is 0 Å². The van der Waals surface area contributed by atoms with Gasteiger partial charge in [0.15, 0.2) is 0 Å². The van der Waals surface area contributed by atoms with Gasteiger partial charge in [0.25, 0.3) is 0 Å². The van der Waals surface area contributed by atoms with E-state index in [1.807, 2.05) is 35.5 Å². The van der Waals surface area contributed by atoms with E-state index in [-0.39, 0.29) is 6.04 Å². The Morgan fingerprint density at radius 2 is 2.00 bits per heavy atom. The molecule has 100 valence electrons. The summed E-state index contributed by atoms with van der Waals surface area (Å²) in [6, 6.07) is 15.1. The molecule has 0 fully saturated rings. The fourth-order valence-electron chi connectivity index (χ4n) is 3.29. The van der Waals surface area contributed by atoms with Gasteiger partial charge in [0.1, 0.15) is 0 Å². The lowest BCUT2D eigenvalue weighted by Crippen LogP contribution is -2.07. The van der Waals surface area contributed by atoms with Gasteiger partial charge in [-0.2, -0.15) is 5.10 Å². The molecule has 0 bridgehead atoms. The van der Waals surface area contributed by atoms with Gasteiger partial charge in [0.05, 0.1) is 29.8 Å². The Kier molecular flexibility index (Phi) is 1.98. The van der Waals surface area contributed by atoms with E-state index in [9.17, 15) is 0 Å². The molecule has 0 amide bonds. The standard InChI is InChI=1S/C17H12N4/c1-2-4-15-14(3-1)16-10-18-11-20(16)17(15)12-6-8-21-13(9-12)5-7-19-21/h1-11,17H. The SMILES string of the molecule is c1ccc2c(c1)-c1cncn1C2c1ccn2nccc2c1. The van der Waals surface area contributed by atoms with Crippen LogP contribution in [0.3, 0.4) is 0 Å². The average molecular weight is 272 g/mol. The fraction of sp³-hybridized carbons (Fsp3) is 0.0588. The van der Waals surface area contributed by atoms with Crippen LogP contribution in [0.2, 0.25) is 0 Å². The van der Waals surface area contributed by atoms with Crippen molar-refractivity contribution in [2.45, 2.75) is 6.04 Å². The van der Waals surface area contributed by atoms with Gasteiger partial charge in [-0.05, 0) is 29.3 Å². The first-order valence-corrected chi connectivity index (χ1v) is 6.96. The van der Waals surface area contributed by atoms with E-state index in [1.165, 1.54) is 22.4 Å². The molecule has 1 aliphatic heterocycles. The minimum atomic E-state index is 0.193. The maximum Gasteiger partial charge on any atom is 0.0959 e. The summed E-state index contributed by atoms with van der Waals surface area (Å²) in [6.45, 7) is 0. The second kappa shape index (κ2) is 3.82. The summed E-state index contributed by atoms with van der Waals surface area (Å²) in [5, 5.41) is 4.26. The molecular weight excluding hydrogens is 260 g/mol. The summed E-state index contributed by atoms with van der Waals surface area (Å²) in [5.74, 6) is 0. The van der Waals surface area contributed by atoms with Gasteiger partial charge in [-0.25, -0.2) is 9.50 Å². The van der Waals surface area contributed by atoms with E-state index in [2.05, 4.69) is 51.0 Å². The first kappa shape index (κ1) is 10.9. The van der Waals surface area contributed by atoms with E-state index >= 15 is 0 Å². The molecule has 4 heteroatoms. The zero-order chi connectivity index (χ0) is 13.8. The van der Waals surface area contributed by atoms with Crippen molar-refractivity contribution >= 4 is 5.52 Å². The second-order valence-corrected chi connectivity index (χ2v) is 5.34. The van der Waals surface area contributed by atoms with Crippen molar-refractivity contribution in [1.29, 1.82) is 0 Å². The zero-order valence-electron chi connectivity index (χ0n) is 11.2. The number of hydrogen-bond acceptors (Lipinski definition) is 2. The van der Waals surface area contributed by atoms with Gasteiger partial charge in [-0.1, -0.05) is 24.3 Å². The monoisotopic (exact) mass is 272 g/mol. The summed E-state index contributed by atoms with van der Waals surface area (Å²) in [7, 11) is 0. The molecule has 21 heavy (non-hydrogen) atoms. The second-order valence-electron chi connectivity index (χ2n) is 5.34. The molecule has 0 spiro atoms. The van der Waals surface area contributed by atoms with Gasteiger partial charge in [-0.3, -0.25) is 0 Å². The Labute approximate surface area is 121 Å². The third-order valence-corrected chi connectivity index (χ3v) is 4.21. The van der Waals surface area contributed by atoms with Gasteiger partial charge in [0, 0.05) is 18.0 Å². The molecule has 0 saturated carbocycles. The average Bonchev–Trinajstić information content (AvgIpc) is 3.21. The highest BCUT2D eigenvalue weighted by Crippen LogP contribution is 2.42. The van der Waals surface area contributed by atoms with Crippen molar-refractivity contribution in [1.82, 2.24) is 19.2 Å². The summed E-state index contributed by atoms with van der Waals surface area (Å²) in [5.41, 5.74) is 6.15. The molecule has 4 heterocycles. The zero-order valence-corrected chi connectivity index (χ0v) is 11.2. The van der Waals surface area contributed by atoms with E-state index in [0.29, 0.717) is 0 Å². The van der Waals surface area contributed by atoms with E-state index in [0.717, 1.165) is 5.52 Å². The van der Waals surface area contributed by atoms with E-state index in [4.69, 9.17) is 0 Å². The molecule has 1 aromatic carbocycles. The third kappa shape index (κ3) is 1.39. The molecule has 3 aromatic heterocycles. The highest BCUT2D eigenvalue weighted by Gasteiger charge is 2.29. The van der Waals surface area contributed by atoms with Crippen LogP contribution >= 0.6 is 0 Å². The largest absolute Gasteiger partial charge is 0.319 e. The summed E-state index contributed by atoms with van der Waals surface area (Å²) in [6.07, 6.45) is 7.70. The molecule has 1 aliphatic rings. The minimum absolute atomic E-state index is 0.193. The Bertz CT molecular complexity index is 964. The fourth-order valence-corrected chi connectivity index (χ4v) is 3.29. The molecule has 0 saturated heterocycles. The van der Waals surface area contributed by atoms with Crippen LogP contribution in [0.4, 0.5) is 0 Å². The lowest BCUT2D eigenvalue weighted by atomic mass is 9.98. The minimum Gasteiger partial charge on any atom is -0.319 e. The number of hydrogen-bond donors (Lipinski definition) is 0. The lowest BCUT2D eigenvalue weighted by Gasteiger charge is -2.15. The predicted octanol–water partition coefficient (Wildman–Crippen LogP) is 3.15. The number of aromatic nitrogens is 4. The van der Waals surface area contributed by atoms with Crippen molar-refractivity contribution in [2.24, 2.45) is 0 Å². The highest BCUT2D eigenvalue weighted by atomic mass is 15.2. The Balaban J connectivity index is 1.79. The smallest absolute Gasteiger partial charge is 0.0959 e. The van der Waals surface area contributed by atoms with Crippen LogP contribution in [0.15, 0.2) is 67.4 Å². The van der Waals surface area contributed by atoms with Crippen LogP contribution in [-0.4, -0.2) is 19.2 Å². The van der Waals surface area contributed by atoms with Crippen molar-refractivity contribution in [2.75, 3.05) is 0 Å². The normalized spacial score (nSPS) is 16.1. The van der Waals surface area contributed by atoms with Crippen LogP contribution in [0.1, 0.15) is 17.2 Å². The first-order chi connectivity index (χ1) is 10.4. The van der Waals surface area contributed by atoms with Gasteiger partial charge in [-0.15, -0.1) is 0 Å². The molecule has 4 aromatic rings. The quantitative estimate of drug-likeness (QED) is 0.470. The molecule has 1 atom stereocenters. The number of fused-ring (bicyclic) bond motifs is 4. The molecule has 1 unspecified atom stereocenters. The van der Waals surface area contributed by atoms with Crippen molar-refractivity contribution in [3.63, 3.8) is 0 Å². The highest BCUT2D eigenvalue weighted by molar-refractivity contribution is 5.71.